The second-order valence-corrected chi connectivity index (χ2v) is 6.17. The fraction of sp³-hybridized carbons (Fsp3) is 0.294. The topological polar surface area (TPSA) is 90.7 Å². The zero-order valence-corrected chi connectivity index (χ0v) is 14.7. The summed E-state index contributed by atoms with van der Waals surface area (Å²) in [6.07, 6.45) is 0.629. The van der Waals surface area contributed by atoms with E-state index >= 15 is 0 Å². The van der Waals surface area contributed by atoms with Crippen LogP contribution in [-0.2, 0) is 11.8 Å². The van der Waals surface area contributed by atoms with Gasteiger partial charge >= 0.3 is 0 Å². The van der Waals surface area contributed by atoms with Crippen LogP contribution in [0.3, 0.4) is 0 Å². The van der Waals surface area contributed by atoms with E-state index in [-0.39, 0.29) is 28.2 Å². The lowest BCUT2D eigenvalue weighted by Gasteiger charge is -2.21. The molecule has 1 aromatic carbocycles. The molecule has 0 saturated heterocycles. The average Bonchev–Trinajstić information content (AvgIpc) is 3.05. The van der Waals surface area contributed by atoms with Crippen LogP contribution in [0, 0.1) is 4.77 Å². The smallest absolute Gasteiger partial charge is 0.264 e. The van der Waals surface area contributed by atoms with Crippen molar-refractivity contribution in [3.05, 3.63) is 56.6 Å². The Balaban J connectivity index is 2.10. The van der Waals surface area contributed by atoms with E-state index < -0.39 is 5.56 Å². The van der Waals surface area contributed by atoms with Crippen molar-refractivity contribution in [2.24, 2.45) is 12.1 Å². The molecule has 1 aromatic heterocycles. The molecule has 25 heavy (non-hydrogen) atoms. The minimum atomic E-state index is -0.517. The molecular weight excluding hydrogens is 340 g/mol. The lowest BCUT2D eigenvalue weighted by atomic mass is 9.99. The first-order chi connectivity index (χ1) is 11.9. The number of hydrogen-bond acceptors (Lipinski definition) is 5. The Morgan fingerprint density at radius 1 is 1.40 bits per heavy atom. The third-order valence-electron chi connectivity index (χ3n) is 4.23. The molecule has 0 spiro atoms. The molecule has 2 N–H and O–H groups in total. The van der Waals surface area contributed by atoms with Crippen LogP contribution in [-0.4, -0.2) is 31.3 Å². The first-order valence-corrected chi connectivity index (χ1v) is 8.32. The molecule has 1 aliphatic heterocycles. The fourth-order valence-corrected chi connectivity index (χ4v) is 3.04. The standard InChI is InChI=1S/C17H18N4O3S/c1-3-13(22)21-12(10-7-5-4-6-8-10)9-11(19-21)14-15(23)18-17(25)20(2)16(14)24/h4-8,12,24H,3,9H2,1-2H3,(H,18,23,25). The SMILES string of the molecule is CCC(=O)N1N=C(c2c(O)n(C)c(=S)[nH]c2=O)CC1c1ccccc1. The van der Waals surface area contributed by atoms with E-state index in [9.17, 15) is 14.7 Å². The summed E-state index contributed by atoms with van der Waals surface area (Å²) in [7, 11) is 1.55. The summed E-state index contributed by atoms with van der Waals surface area (Å²) in [5, 5.41) is 16.1. The van der Waals surface area contributed by atoms with Crippen molar-refractivity contribution in [3.63, 3.8) is 0 Å². The quantitative estimate of drug-likeness (QED) is 0.823. The summed E-state index contributed by atoms with van der Waals surface area (Å²) in [4.78, 5) is 27.1. The van der Waals surface area contributed by atoms with Gasteiger partial charge in [0.25, 0.3) is 5.56 Å². The van der Waals surface area contributed by atoms with Gasteiger partial charge in [-0.3, -0.25) is 19.1 Å². The second kappa shape index (κ2) is 6.64. The van der Waals surface area contributed by atoms with Crippen molar-refractivity contribution in [1.29, 1.82) is 0 Å². The number of nitrogens with zero attached hydrogens (tertiary/aromatic N) is 3. The zero-order valence-electron chi connectivity index (χ0n) is 13.9. The molecule has 0 radical (unpaired) electrons. The number of aromatic amines is 1. The highest BCUT2D eigenvalue weighted by molar-refractivity contribution is 7.71. The van der Waals surface area contributed by atoms with E-state index in [1.165, 1.54) is 9.58 Å². The number of H-pyrrole nitrogens is 1. The Kier molecular flexibility index (Phi) is 4.54. The normalized spacial score (nSPS) is 16.8. The number of carbonyl (C=O) groups is 1. The molecule has 0 fully saturated rings. The van der Waals surface area contributed by atoms with Crippen LogP contribution < -0.4 is 5.56 Å². The van der Waals surface area contributed by atoms with Crippen LogP contribution in [0.2, 0.25) is 0 Å². The number of amides is 1. The lowest BCUT2D eigenvalue weighted by Crippen LogP contribution is -2.26. The van der Waals surface area contributed by atoms with Gasteiger partial charge in [-0.2, -0.15) is 5.10 Å². The summed E-state index contributed by atoms with van der Waals surface area (Å²) < 4.78 is 1.42. The summed E-state index contributed by atoms with van der Waals surface area (Å²) in [6, 6.07) is 9.18. The van der Waals surface area contributed by atoms with Crippen molar-refractivity contribution in [1.82, 2.24) is 14.6 Å². The van der Waals surface area contributed by atoms with Gasteiger partial charge in [-0.25, -0.2) is 5.01 Å². The molecule has 130 valence electrons. The molecule has 3 rings (SSSR count). The van der Waals surface area contributed by atoms with Crippen molar-refractivity contribution in [2.75, 3.05) is 0 Å². The molecule has 1 unspecified atom stereocenters. The minimum Gasteiger partial charge on any atom is -0.494 e. The number of hydrogen-bond donors (Lipinski definition) is 2. The highest BCUT2D eigenvalue weighted by Crippen LogP contribution is 2.33. The van der Waals surface area contributed by atoms with Crippen molar-refractivity contribution in [3.8, 4) is 5.88 Å². The van der Waals surface area contributed by atoms with Gasteiger partial charge in [0.1, 0.15) is 5.56 Å². The van der Waals surface area contributed by atoms with Crippen LogP contribution in [0.5, 0.6) is 5.88 Å². The van der Waals surface area contributed by atoms with Crippen molar-refractivity contribution >= 4 is 23.8 Å². The molecule has 7 nitrogen and oxygen atoms in total. The molecule has 8 heteroatoms. The Bertz CT molecular complexity index is 962. The zero-order chi connectivity index (χ0) is 18.1. The second-order valence-electron chi connectivity index (χ2n) is 5.79. The largest absolute Gasteiger partial charge is 0.494 e. The van der Waals surface area contributed by atoms with Crippen LogP contribution in [0.1, 0.15) is 36.9 Å². The Labute approximate surface area is 149 Å². The Hall–Kier alpha value is -2.74. The molecule has 0 saturated carbocycles. The maximum absolute atomic E-state index is 12.3. The molecule has 1 amide bonds. The van der Waals surface area contributed by atoms with Crippen molar-refractivity contribution < 1.29 is 9.90 Å². The van der Waals surface area contributed by atoms with E-state index in [0.29, 0.717) is 18.6 Å². The predicted molar refractivity (Wildman–Crippen MR) is 96.0 cm³/mol. The van der Waals surface area contributed by atoms with Gasteiger partial charge in [-0.05, 0) is 17.8 Å². The number of benzene rings is 1. The van der Waals surface area contributed by atoms with Crippen LogP contribution in [0.25, 0.3) is 0 Å². The van der Waals surface area contributed by atoms with Gasteiger partial charge in [-0.15, -0.1) is 0 Å². The van der Waals surface area contributed by atoms with Gasteiger partial charge in [0.05, 0.1) is 11.8 Å². The molecule has 0 aliphatic carbocycles. The Morgan fingerprint density at radius 3 is 2.72 bits per heavy atom. The summed E-state index contributed by atoms with van der Waals surface area (Å²) >= 11 is 4.99. The molecule has 1 aliphatic rings. The first kappa shape index (κ1) is 17.1. The van der Waals surface area contributed by atoms with Crippen LogP contribution >= 0.6 is 12.2 Å². The molecular formula is C17H18N4O3S. The minimum absolute atomic E-state index is 0.0448. The predicted octanol–water partition coefficient (Wildman–Crippen LogP) is 2.24. The van der Waals surface area contributed by atoms with E-state index in [2.05, 4.69) is 10.1 Å². The third-order valence-corrected chi connectivity index (χ3v) is 4.61. The number of carbonyl (C=O) groups excluding carboxylic acids is 1. The Morgan fingerprint density at radius 2 is 2.08 bits per heavy atom. The molecule has 1 atom stereocenters. The summed E-state index contributed by atoms with van der Waals surface area (Å²) in [5.74, 6) is -0.408. The maximum Gasteiger partial charge on any atom is 0.264 e. The van der Waals surface area contributed by atoms with Gasteiger partial charge in [-0.1, -0.05) is 37.3 Å². The van der Waals surface area contributed by atoms with E-state index in [1.54, 1.807) is 14.0 Å². The highest BCUT2D eigenvalue weighted by atomic mass is 32.1. The monoisotopic (exact) mass is 358 g/mol. The van der Waals surface area contributed by atoms with Crippen molar-refractivity contribution in [2.45, 2.75) is 25.8 Å². The number of aromatic nitrogens is 2. The number of aromatic hydroxyl groups is 1. The number of hydrazone groups is 1. The van der Waals surface area contributed by atoms with E-state index in [0.717, 1.165) is 5.56 Å². The van der Waals surface area contributed by atoms with Gasteiger partial charge in [0.2, 0.25) is 11.8 Å². The summed E-state index contributed by atoms with van der Waals surface area (Å²) in [6.45, 7) is 1.76. The van der Waals surface area contributed by atoms with Gasteiger partial charge < -0.3 is 5.11 Å². The first-order valence-electron chi connectivity index (χ1n) is 7.91. The van der Waals surface area contributed by atoms with Crippen LogP contribution in [0.15, 0.2) is 40.2 Å². The number of nitrogens with one attached hydrogen (secondary N) is 1. The maximum atomic E-state index is 12.3. The highest BCUT2D eigenvalue weighted by Gasteiger charge is 2.34. The van der Waals surface area contributed by atoms with Crippen LogP contribution in [0.4, 0.5) is 0 Å². The fourth-order valence-electron chi connectivity index (χ4n) is 2.86. The number of rotatable bonds is 3. The average molecular weight is 358 g/mol. The van der Waals surface area contributed by atoms with E-state index in [1.807, 2.05) is 30.3 Å². The molecule has 2 heterocycles. The van der Waals surface area contributed by atoms with Gasteiger partial charge in [0, 0.05) is 19.9 Å². The summed E-state index contributed by atoms with van der Waals surface area (Å²) in [5.41, 5.74) is 0.809. The molecule has 2 aromatic rings. The lowest BCUT2D eigenvalue weighted by molar-refractivity contribution is -0.132. The molecule has 0 bridgehead atoms. The van der Waals surface area contributed by atoms with E-state index in [4.69, 9.17) is 12.2 Å². The third kappa shape index (κ3) is 3.00. The van der Waals surface area contributed by atoms with Gasteiger partial charge in [0.15, 0.2) is 4.77 Å².